The Labute approximate surface area is 82.9 Å². The number of ketones is 1. The Morgan fingerprint density at radius 3 is 2.57 bits per heavy atom. The number of rotatable bonds is 4. The summed E-state index contributed by atoms with van der Waals surface area (Å²) in [6, 6.07) is 6.08. The summed E-state index contributed by atoms with van der Waals surface area (Å²) < 4.78 is 0. The minimum atomic E-state index is -0.544. The molecule has 0 aliphatic heterocycles. The van der Waals surface area contributed by atoms with Gasteiger partial charge in [-0.25, -0.2) is 0 Å². The first-order valence-corrected chi connectivity index (χ1v) is 4.33. The van der Waals surface area contributed by atoms with E-state index in [2.05, 4.69) is 6.58 Å². The Kier molecular flexibility index (Phi) is 3.42. The van der Waals surface area contributed by atoms with Crippen LogP contribution in [0.1, 0.15) is 5.56 Å². The number of hydrogen-bond acceptors (Lipinski definition) is 3. The third-order valence-corrected chi connectivity index (χ3v) is 1.96. The molecule has 1 atom stereocenters. The van der Waals surface area contributed by atoms with Crippen LogP contribution in [-0.4, -0.2) is 16.9 Å². The molecule has 0 aromatic heterocycles. The number of phenolic OH excluding ortho intramolecular Hbond substituents is 1. The third-order valence-electron chi connectivity index (χ3n) is 1.96. The molecule has 1 aromatic rings. The number of hydrogen-bond donors (Lipinski definition) is 2. The van der Waals surface area contributed by atoms with Gasteiger partial charge in [0, 0.05) is 0 Å². The quantitative estimate of drug-likeness (QED) is 0.698. The highest BCUT2D eigenvalue weighted by Gasteiger charge is 2.09. The average molecular weight is 191 g/mol. The van der Waals surface area contributed by atoms with Gasteiger partial charge in [0.25, 0.3) is 0 Å². The zero-order valence-electron chi connectivity index (χ0n) is 7.81. The van der Waals surface area contributed by atoms with Gasteiger partial charge in [-0.05, 0) is 30.2 Å². The van der Waals surface area contributed by atoms with E-state index in [4.69, 9.17) is 10.8 Å². The average Bonchev–Trinajstić information content (AvgIpc) is 2.20. The number of benzene rings is 1. The van der Waals surface area contributed by atoms with Gasteiger partial charge in [-0.1, -0.05) is 18.7 Å². The van der Waals surface area contributed by atoms with Crippen molar-refractivity contribution in [3.8, 4) is 5.75 Å². The molecule has 14 heavy (non-hydrogen) atoms. The molecule has 3 nitrogen and oxygen atoms in total. The second-order valence-electron chi connectivity index (χ2n) is 3.08. The highest BCUT2D eigenvalue weighted by molar-refractivity contribution is 5.93. The predicted octanol–water partition coefficient (Wildman–Crippen LogP) is 1.02. The van der Waals surface area contributed by atoms with Crippen molar-refractivity contribution >= 4 is 5.78 Å². The van der Waals surface area contributed by atoms with Gasteiger partial charge in [-0.3, -0.25) is 4.79 Å². The van der Waals surface area contributed by atoms with Gasteiger partial charge in [0.2, 0.25) is 0 Å². The zero-order valence-corrected chi connectivity index (χ0v) is 7.81. The highest BCUT2D eigenvalue weighted by Crippen LogP contribution is 2.10. The summed E-state index contributed by atoms with van der Waals surface area (Å²) in [5.41, 5.74) is 6.54. The minimum absolute atomic E-state index is 0.168. The predicted molar refractivity (Wildman–Crippen MR) is 55.0 cm³/mol. The Morgan fingerprint density at radius 1 is 1.50 bits per heavy atom. The van der Waals surface area contributed by atoms with E-state index in [1.54, 1.807) is 24.3 Å². The van der Waals surface area contributed by atoms with Crippen LogP contribution in [0.2, 0.25) is 0 Å². The summed E-state index contributed by atoms with van der Waals surface area (Å²) in [5, 5.41) is 9.03. The molecule has 1 aromatic carbocycles. The van der Waals surface area contributed by atoms with Crippen molar-refractivity contribution in [3.63, 3.8) is 0 Å². The van der Waals surface area contributed by atoms with Crippen molar-refractivity contribution in [2.45, 2.75) is 12.5 Å². The molecule has 0 aliphatic rings. The molecule has 74 valence electrons. The van der Waals surface area contributed by atoms with Crippen molar-refractivity contribution in [1.82, 2.24) is 0 Å². The van der Waals surface area contributed by atoms with E-state index in [-0.39, 0.29) is 11.5 Å². The van der Waals surface area contributed by atoms with E-state index in [1.165, 1.54) is 6.08 Å². The van der Waals surface area contributed by atoms with Crippen LogP contribution in [-0.2, 0) is 11.2 Å². The normalized spacial score (nSPS) is 12.1. The molecule has 3 heteroatoms. The van der Waals surface area contributed by atoms with Crippen LogP contribution in [0.25, 0.3) is 0 Å². The summed E-state index contributed by atoms with van der Waals surface area (Å²) in [7, 11) is 0. The lowest BCUT2D eigenvalue weighted by molar-refractivity contribution is -0.115. The van der Waals surface area contributed by atoms with Crippen molar-refractivity contribution in [2.75, 3.05) is 0 Å². The summed E-state index contributed by atoms with van der Waals surface area (Å²) in [4.78, 5) is 11.1. The molecule has 0 aliphatic carbocycles. The fraction of sp³-hybridized carbons (Fsp3) is 0.182. The number of nitrogens with two attached hydrogens (primary N) is 1. The van der Waals surface area contributed by atoms with E-state index in [9.17, 15) is 4.79 Å². The second-order valence-corrected chi connectivity index (χ2v) is 3.08. The van der Waals surface area contributed by atoms with Crippen LogP contribution in [0.5, 0.6) is 5.75 Å². The maximum absolute atomic E-state index is 11.1. The maximum Gasteiger partial charge on any atom is 0.172 e. The number of carbonyl (C=O) groups excluding carboxylic acids is 1. The molecule has 0 unspecified atom stereocenters. The fourth-order valence-electron chi connectivity index (χ4n) is 1.14. The largest absolute Gasteiger partial charge is 0.508 e. The van der Waals surface area contributed by atoms with Crippen molar-refractivity contribution < 1.29 is 9.90 Å². The van der Waals surface area contributed by atoms with E-state index in [1.807, 2.05) is 0 Å². The van der Waals surface area contributed by atoms with Crippen LogP contribution in [0.3, 0.4) is 0 Å². The van der Waals surface area contributed by atoms with Crippen LogP contribution in [0.4, 0.5) is 0 Å². The Bertz CT molecular complexity index is 330. The van der Waals surface area contributed by atoms with Crippen molar-refractivity contribution in [3.05, 3.63) is 42.5 Å². The number of carbonyl (C=O) groups is 1. The molecule has 0 spiro atoms. The summed E-state index contributed by atoms with van der Waals surface area (Å²) in [6.45, 7) is 3.37. The first-order chi connectivity index (χ1) is 6.63. The summed E-state index contributed by atoms with van der Waals surface area (Å²) >= 11 is 0. The van der Waals surface area contributed by atoms with E-state index < -0.39 is 6.04 Å². The monoisotopic (exact) mass is 191 g/mol. The lowest BCUT2D eigenvalue weighted by Crippen LogP contribution is -2.31. The van der Waals surface area contributed by atoms with E-state index >= 15 is 0 Å². The van der Waals surface area contributed by atoms with Crippen LogP contribution in [0, 0.1) is 0 Å². The molecule has 0 amide bonds. The number of phenols is 1. The maximum atomic E-state index is 11.1. The molecule has 0 heterocycles. The molecular formula is C11H13NO2. The Morgan fingerprint density at radius 2 is 2.07 bits per heavy atom. The molecule has 0 fully saturated rings. The molecule has 1 rings (SSSR count). The summed E-state index contributed by atoms with van der Waals surface area (Å²) in [5.74, 6) is 0.0374. The van der Waals surface area contributed by atoms with Crippen LogP contribution in [0.15, 0.2) is 36.9 Å². The first-order valence-electron chi connectivity index (χ1n) is 4.33. The molecule has 0 bridgehead atoms. The van der Waals surface area contributed by atoms with Crippen LogP contribution >= 0.6 is 0 Å². The van der Waals surface area contributed by atoms with Crippen LogP contribution < -0.4 is 5.73 Å². The van der Waals surface area contributed by atoms with Gasteiger partial charge < -0.3 is 10.8 Å². The van der Waals surface area contributed by atoms with Gasteiger partial charge in [-0.15, -0.1) is 0 Å². The van der Waals surface area contributed by atoms with Crippen molar-refractivity contribution in [1.29, 1.82) is 0 Å². The van der Waals surface area contributed by atoms with Gasteiger partial charge in [0.15, 0.2) is 5.78 Å². The van der Waals surface area contributed by atoms with E-state index in [0.29, 0.717) is 6.42 Å². The van der Waals surface area contributed by atoms with Gasteiger partial charge in [-0.2, -0.15) is 0 Å². The lowest BCUT2D eigenvalue weighted by Gasteiger charge is -2.07. The molecule has 0 saturated heterocycles. The minimum Gasteiger partial charge on any atom is -0.508 e. The van der Waals surface area contributed by atoms with Gasteiger partial charge in [0.05, 0.1) is 6.04 Å². The van der Waals surface area contributed by atoms with Gasteiger partial charge >= 0.3 is 0 Å². The zero-order chi connectivity index (χ0) is 10.6. The standard InChI is InChI=1S/C11H13NO2/c1-2-11(14)10(12)7-8-3-5-9(13)6-4-8/h2-6,10,13H,1,7,12H2/t10-/m0/s1. The SMILES string of the molecule is C=CC(=O)[C@@H](N)Cc1ccc(O)cc1. The first kappa shape index (κ1) is 10.5. The Balaban J connectivity index is 2.64. The summed E-state index contributed by atoms with van der Waals surface area (Å²) in [6.07, 6.45) is 1.69. The molecule has 0 saturated carbocycles. The lowest BCUT2D eigenvalue weighted by atomic mass is 10.0. The third kappa shape index (κ3) is 2.71. The second kappa shape index (κ2) is 4.58. The fourth-order valence-corrected chi connectivity index (χ4v) is 1.14. The van der Waals surface area contributed by atoms with E-state index in [0.717, 1.165) is 5.56 Å². The smallest absolute Gasteiger partial charge is 0.172 e. The Hall–Kier alpha value is -1.61. The number of aromatic hydroxyl groups is 1. The van der Waals surface area contributed by atoms with Gasteiger partial charge in [0.1, 0.15) is 5.75 Å². The highest BCUT2D eigenvalue weighted by atomic mass is 16.3. The van der Waals surface area contributed by atoms with Crippen molar-refractivity contribution in [2.24, 2.45) is 5.73 Å². The molecule has 0 radical (unpaired) electrons. The topological polar surface area (TPSA) is 63.3 Å². The molecular weight excluding hydrogens is 178 g/mol. The molecule has 3 N–H and O–H groups in total.